The number of amides is 1. The van der Waals surface area contributed by atoms with Gasteiger partial charge in [-0.05, 0) is 29.8 Å². The van der Waals surface area contributed by atoms with E-state index in [9.17, 15) is 19.3 Å². The number of hydrogen-bond acceptors (Lipinski definition) is 5. The summed E-state index contributed by atoms with van der Waals surface area (Å²) in [6.07, 6.45) is 7.93. The standard InChI is InChI=1S/C19H14FN5O3/c1-2-9-23(11-14-3-6-16(20)7-4-14)19(26)15-5-8-17(18(10-15)25(27)28)24-13-21-12-22-24/h1,3-8,10,12-13H,9,11H2. The predicted molar refractivity (Wildman–Crippen MR) is 98.0 cm³/mol. The molecular formula is C19H14FN5O3. The van der Waals surface area contributed by atoms with Gasteiger partial charge in [0.25, 0.3) is 11.6 Å². The van der Waals surface area contributed by atoms with Crippen molar-refractivity contribution in [3.63, 3.8) is 0 Å². The summed E-state index contributed by atoms with van der Waals surface area (Å²) in [6.45, 7) is 0.136. The topological polar surface area (TPSA) is 94.2 Å². The average molecular weight is 379 g/mol. The SMILES string of the molecule is C#CCN(Cc1ccc(F)cc1)C(=O)c1ccc(-n2cncn2)c([N+](=O)[O-])c1. The molecule has 8 nitrogen and oxygen atoms in total. The highest BCUT2D eigenvalue weighted by Crippen LogP contribution is 2.24. The van der Waals surface area contributed by atoms with Gasteiger partial charge in [-0.25, -0.2) is 14.1 Å². The van der Waals surface area contributed by atoms with Crippen LogP contribution in [0, 0.1) is 28.3 Å². The van der Waals surface area contributed by atoms with Gasteiger partial charge in [0.15, 0.2) is 0 Å². The Bertz CT molecular complexity index is 1040. The molecule has 0 radical (unpaired) electrons. The lowest BCUT2D eigenvalue weighted by Crippen LogP contribution is -2.31. The van der Waals surface area contributed by atoms with Crippen LogP contribution < -0.4 is 0 Å². The third kappa shape index (κ3) is 4.02. The number of benzene rings is 2. The maximum absolute atomic E-state index is 13.1. The Labute approximate surface area is 159 Å². The van der Waals surface area contributed by atoms with Crippen LogP contribution in [0.5, 0.6) is 0 Å². The molecule has 0 N–H and O–H groups in total. The van der Waals surface area contributed by atoms with Gasteiger partial charge in [0.1, 0.15) is 24.2 Å². The Morgan fingerprint density at radius 3 is 2.64 bits per heavy atom. The van der Waals surface area contributed by atoms with Crippen molar-refractivity contribution in [1.29, 1.82) is 0 Å². The number of halogens is 1. The van der Waals surface area contributed by atoms with Crippen LogP contribution in [0.1, 0.15) is 15.9 Å². The van der Waals surface area contributed by atoms with Gasteiger partial charge in [0.05, 0.1) is 11.5 Å². The number of hydrogen-bond donors (Lipinski definition) is 0. The van der Waals surface area contributed by atoms with E-state index in [2.05, 4.69) is 16.0 Å². The van der Waals surface area contributed by atoms with Crippen molar-refractivity contribution in [2.24, 2.45) is 0 Å². The quantitative estimate of drug-likeness (QED) is 0.373. The molecule has 0 spiro atoms. The number of carbonyl (C=O) groups excluding carboxylic acids is 1. The van der Waals surface area contributed by atoms with Crippen LogP contribution >= 0.6 is 0 Å². The minimum atomic E-state index is -0.598. The van der Waals surface area contributed by atoms with E-state index >= 15 is 0 Å². The third-order valence-corrected chi connectivity index (χ3v) is 3.94. The van der Waals surface area contributed by atoms with Gasteiger partial charge in [-0.2, -0.15) is 5.10 Å². The minimum Gasteiger partial charge on any atom is -0.323 e. The Morgan fingerprint density at radius 1 is 1.29 bits per heavy atom. The zero-order valence-electron chi connectivity index (χ0n) is 14.5. The number of nitro groups is 1. The Balaban J connectivity index is 1.92. The second-order valence-corrected chi connectivity index (χ2v) is 5.79. The van der Waals surface area contributed by atoms with Gasteiger partial charge in [-0.15, -0.1) is 6.42 Å². The predicted octanol–water partition coefficient (Wildman–Crippen LogP) is 2.59. The molecule has 0 atom stereocenters. The van der Waals surface area contributed by atoms with Crippen molar-refractivity contribution in [3.05, 3.63) is 82.2 Å². The average Bonchev–Trinajstić information content (AvgIpc) is 3.23. The zero-order chi connectivity index (χ0) is 20.1. The van der Waals surface area contributed by atoms with Crippen LogP contribution in [-0.2, 0) is 6.54 Å². The summed E-state index contributed by atoms with van der Waals surface area (Å²) in [6, 6.07) is 9.71. The number of nitro benzene ring substituents is 1. The molecule has 0 aliphatic rings. The normalized spacial score (nSPS) is 10.3. The van der Waals surface area contributed by atoms with E-state index in [1.165, 1.54) is 52.6 Å². The first kappa shape index (κ1) is 18.7. The monoisotopic (exact) mass is 379 g/mol. The summed E-state index contributed by atoms with van der Waals surface area (Å²) < 4.78 is 14.3. The molecule has 3 aromatic rings. The van der Waals surface area contributed by atoms with E-state index in [0.717, 1.165) is 0 Å². The van der Waals surface area contributed by atoms with Gasteiger partial charge in [-0.3, -0.25) is 14.9 Å². The highest BCUT2D eigenvalue weighted by Gasteiger charge is 2.22. The van der Waals surface area contributed by atoms with Crippen LogP contribution in [0.3, 0.4) is 0 Å². The van der Waals surface area contributed by atoms with Crippen LogP contribution in [-0.4, -0.2) is 37.0 Å². The van der Waals surface area contributed by atoms with Crippen molar-refractivity contribution < 1.29 is 14.1 Å². The maximum atomic E-state index is 13.1. The molecule has 3 rings (SSSR count). The van der Waals surface area contributed by atoms with E-state index in [1.807, 2.05) is 0 Å². The second-order valence-electron chi connectivity index (χ2n) is 5.79. The molecule has 1 heterocycles. The Morgan fingerprint density at radius 2 is 2.04 bits per heavy atom. The molecule has 1 aromatic heterocycles. The molecule has 0 unspecified atom stereocenters. The van der Waals surface area contributed by atoms with Gasteiger partial charge in [0, 0.05) is 18.2 Å². The molecule has 0 bridgehead atoms. The van der Waals surface area contributed by atoms with Gasteiger partial charge in [-0.1, -0.05) is 18.1 Å². The lowest BCUT2D eigenvalue weighted by Gasteiger charge is -2.20. The van der Waals surface area contributed by atoms with Gasteiger partial charge in [0.2, 0.25) is 0 Å². The highest BCUT2D eigenvalue weighted by atomic mass is 19.1. The van der Waals surface area contributed by atoms with Crippen molar-refractivity contribution in [3.8, 4) is 18.0 Å². The first-order chi connectivity index (χ1) is 13.5. The van der Waals surface area contributed by atoms with Crippen molar-refractivity contribution in [1.82, 2.24) is 19.7 Å². The van der Waals surface area contributed by atoms with E-state index in [0.29, 0.717) is 5.56 Å². The zero-order valence-corrected chi connectivity index (χ0v) is 14.5. The Kier molecular flexibility index (Phi) is 5.41. The summed E-state index contributed by atoms with van der Waals surface area (Å²) in [5.74, 6) is 1.53. The maximum Gasteiger partial charge on any atom is 0.295 e. The van der Waals surface area contributed by atoms with E-state index in [1.54, 1.807) is 12.1 Å². The minimum absolute atomic E-state index is 0.00512. The molecule has 2 aromatic carbocycles. The molecule has 0 saturated heterocycles. The van der Waals surface area contributed by atoms with Crippen molar-refractivity contribution in [2.75, 3.05) is 6.54 Å². The summed E-state index contributed by atoms with van der Waals surface area (Å²) in [5, 5.41) is 15.3. The van der Waals surface area contributed by atoms with Crippen LogP contribution in [0.4, 0.5) is 10.1 Å². The fourth-order valence-corrected chi connectivity index (χ4v) is 2.63. The number of terminal acetylenes is 1. The first-order valence-electron chi connectivity index (χ1n) is 8.10. The summed E-state index contributed by atoms with van der Waals surface area (Å²) in [5.41, 5.74) is 0.673. The molecule has 0 aliphatic carbocycles. The second kappa shape index (κ2) is 8.09. The summed E-state index contributed by atoms with van der Waals surface area (Å²) >= 11 is 0. The van der Waals surface area contributed by atoms with Gasteiger partial charge < -0.3 is 4.90 Å². The van der Waals surface area contributed by atoms with Gasteiger partial charge >= 0.3 is 0 Å². The van der Waals surface area contributed by atoms with Crippen molar-refractivity contribution in [2.45, 2.75) is 6.54 Å². The van der Waals surface area contributed by atoms with Crippen molar-refractivity contribution >= 4 is 11.6 Å². The molecule has 0 saturated carbocycles. The van der Waals surface area contributed by atoms with E-state index in [-0.39, 0.29) is 30.0 Å². The van der Waals surface area contributed by atoms with E-state index in [4.69, 9.17) is 6.42 Å². The largest absolute Gasteiger partial charge is 0.323 e. The smallest absolute Gasteiger partial charge is 0.295 e. The molecule has 9 heteroatoms. The number of rotatable bonds is 6. The molecular weight excluding hydrogens is 365 g/mol. The molecule has 0 fully saturated rings. The van der Waals surface area contributed by atoms with Crippen LogP contribution in [0.2, 0.25) is 0 Å². The fourth-order valence-electron chi connectivity index (χ4n) is 2.63. The van der Waals surface area contributed by atoms with Crippen LogP contribution in [0.25, 0.3) is 5.69 Å². The Hall–Kier alpha value is -4.06. The lowest BCUT2D eigenvalue weighted by atomic mass is 10.1. The molecule has 140 valence electrons. The third-order valence-electron chi connectivity index (χ3n) is 3.94. The summed E-state index contributed by atoms with van der Waals surface area (Å²) in [4.78, 5) is 28.9. The molecule has 1 amide bonds. The lowest BCUT2D eigenvalue weighted by molar-refractivity contribution is -0.384. The summed E-state index contributed by atoms with van der Waals surface area (Å²) in [7, 11) is 0. The number of aromatic nitrogens is 3. The highest BCUT2D eigenvalue weighted by molar-refractivity contribution is 5.95. The molecule has 0 aliphatic heterocycles. The fraction of sp³-hybridized carbons (Fsp3) is 0.105. The molecule has 28 heavy (non-hydrogen) atoms. The van der Waals surface area contributed by atoms with Crippen LogP contribution in [0.15, 0.2) is 55.1 Å². The number of nitrogens with zero attached hydrogens (tertiary/aromatic N) is 5. The number of carbonyl (C=O) groups is 1. The first-order valence-corrected chi connectivity index (χ1v) is 8.10. The van der Waals surface area contributed by atoms with E-state index < -0.39 is 16.6 Å².